The minimum Gasteiger partial charge on any atom is -0.379 e. The summed E-state index contributed by atoms with van der Waals surface area (Å²) >= 11 is 0. The van der Waals surface area contributed by atoms with Crippen molar-refractivity contribution in [2.75, 3.05) is 50.9 Å². The SMILES string of the molecule is CCc1ccc(S(=O)(=O)[C@@H]2CS(=O)(=O)C[C@@H]2NCCN2CCOCC2)cc1. The molecule has 0 aliphatic carbocycles. The van der Waals surface area contributed by atoms with Gasteiger partial charge < -0.3 is 10.1 Å². The molecule has 2 aliphatic heterocycles. The Hall–Kier alpha value is -1.00. The number of aryl methyl sites for hydroxylation is 1. The zero-order valence-electron chi connectivity index (χ0n) is 15.6. The van der Waals surface area contributed by atoms with E-state index in [0.29, 0.717) is 19.8 Å². The Labute approximate surface area is 161 Å². The Balaban J connectivity index is 1.70. The molecule has 0 aromatic heterocycles. The molecule has 3 rings (SSSR count). The van der Waals surface area contributed by atoms with Crippen LogP contribution in [0.15, 0.2) is 29.2 Å². The average molecular weight is 417 g/mol. The maximum atomic E-state index is 13.1. The lowest BCUT2D eigenvalue weighted by Gasteiger charge is -2.27. The second kappa shape index (κ2) is 8.57. The third-order valence-corrected chi connectivity index (χ3v) is 9.46. The largest absolute Gasteiger partial charge is 0.379 e. The van der Waals surface area contributed by atoms with Gasteiger partial charge in [-0.05, 0) is 24.1 Å². The van der Waals surface area contributed by atoms with E-state index in [-0.39, 0.29) is 16.4 Å². The van der Waals surface area contributed by atoms with Crippen LogP contribution in [0, 0.1) is 0 Å². The van der Waals surface area contributed by atoms with Gasteiger partial charge in [-0.1, -0.05) is 19.1 Å². The topological polar surface area (TPSA) is 92.8 Å². The zero-order valence-corrected chi connectivity index (χ0v) is 17.3. The summed E-state index contributed by atoms with van der Waals surface area (Å²) in [4.78, 5) is 2.43. The third kappa shape index (κ3) is 5.08. The lowest BCUT2D eigenvalue weighted by atomic mass is 10.2. The molecule has 2 atom stereocenters. The first-order valence-electron chi connectivity index (χ1n) is 9.38. The first kappa shape index (κ1) is 20.7. The smallest absolute Gasteiger partial charge is 0.183 e. The number of nitrogens with one attached hydrogen (secondary N) is 1. The van der Waals surface area contributed by atoms with Gasteiger partial charge in [0, 0.05) is 32.2 Å². The molecule has 2 aliphatic rings. The van der Waals surface area contributed by atoms with Crippen molar-refractivity contribution in [3.8, 4) is 0 Å². The zero-order chi connectivity index (χ0) is 19.5. The van der Waals surface area contributed by atoms with E-state index in [4.69, 9.17) is 4.74 Å². The van der Waals surface area contributed by atoms with Gasteiger partial charge in [-0.2, -0.15) is 0 Å². The van der Waals surface area contributed by atoms with Gasteiger partial charge in [0.2, 0.25) is 0 Å². The Bertz CT molecular complexity index is 831. The van der Waals surface area contributed by atoms with Crippen LogP contribution in [0.4, 0.5) is 0 Å². The number of ether oxygens (including phenoxy) is 1. The summed E-state index contributed by atoms with van der Waals surface area (Å²) in [5.41, 5.74) is 1.05. The van der Waals surface area contributed by atoms with E-state index in [9.17, 15) is 16.8 Å². The quantitative estimate of drug-likeness (QED) is 0.674. The maximum Gasteiger partial charge on any atom is 0.183 e. The van der Waals surface area contributed by atoms with Gasteiger partial charge in [0.1, 0.15) is 0 Å². The van der Waals surface area contributed by atoms with Gasteiger partial charge in [-0.15, -0.1) is 0 Å². The number of sulfone groups is 2. The molecular formula is C18H28N2O5S2. The highest BCUT2D eigenvalue weighted by molar-refractivity contribution is 7.96. The third-order valence-electron chi connectivity index (χ3n) is 5.30. The Kier molecular flexibility index (Phi) is 6.58. The van der Waals surface area contributed by atoms with Crippen LogP contribution in [-0.2, 0) is 30.8 Å². The van der Waals surface area contributed by atoms with Gasteiger partial charge in [0.15, 0.2) is 19.7 Å². The highest BCUT2D eigenvalue weighted by Crippen LogP contribution is 2.26. The van der Waals surface area contributed by atoms with Crippen molar-refractivity contribution in [1.29, 1.82) is 0 Å². The predicted molar refractivity (Wildman–Crippen MR) is 104 cm³/mol. The Morgan fingerprint density at radius 3 is 2.44 bits per heavy atom. The summed E-state index contributed by atoms with van der Waals surface area (Å²) in [6.07, 6.45) is 0.823. The molecule has 0 amide bonds. The molecule has 2 saturated heterocycles. The normalized spacial score (nSPS) is 26.3. The monoisotopic (exact) mass is 416 g/mol. The number of hydrogen-bond donors (Lipinski definition) is 1. The number of rotatable bonds is 7. The highest BCUT2D eigenvalue weighted by Gasteiger charge is 2.45. The number of nitrogens with zero attached hydrogens (tertiary/aromatic N) is 1. The minimum atomic E-state index is -3.71. The van der Waals surface area contributed by atoms with Gasteiger partial charge in [0.05, 0.1) is 34.9 Å². The lowest BCUT2D eigenvalue weighted by molar-refractivity contribution is 0.0382. The standard InChI is InChI=1S/C18H28N2O5S2/c1-2-15-3-5-16(6-4-15)27(23,24)18-14-26(21,22)13-17(18)19-7-8-20-9-11-25-12-10-20/h3-6,17-19H,2,7-14H2,1H3/t17-,18+/m0/s1. The van der Waals surface area contributed by atoms with Crippen molar-refractivity contribution in [2.24, 2.45) is 0 Å². The van der Waals surface area contributed by atoms with Crippen molar-refractivity contribution in [3.05, 3.63) is 29.8 Å². The molecule has 7 nitrogen and oxygen atoms in total. The second-order valence-corrected chi connectivity index (χ2v) is 11.5. The summed E-state index contributed by atoms with van der Waals surface area (Å²) in [6, 6.07) is 6.18. The van der Waals surface area contributed by atoms with E-state index >= 15 is 0 Å². The fourth-order valence-electron chi connectivity index (χ4n) is 3.63. The highest BCUT2D eigenvalue weighted by atomic mass is 32.2. The molecule has 0 saturated carbocycles. The van der Waals surface area contributed by atoms with Crippen molar-refractivity contribution in [3.63, 3.8) is 0 Å². The molecule has 0 bridgehead atoms. The molecule has 0 radical (unpaired) electrons. The van der Waals surface area contributed by atoms with Crippen LogP contribution in [0.1, 0.15) is 12.5 Å². The summed E-state index contributed by atoms with van der Waals surface area (Å²) < 4.78 is 55.8. The molecule has 1 aromatic rings. The lowest BCUT2D eigenvalue weighted by Crippen LogP contribution is -2.47. The summed E-state index contributed by atoms with van der Waals surface area (Å²) in [6.45, 7) is 6.39. The van der Waals surface area contributed by atoms with Crippen LogP contribution in [0.5, 0.6) is 0 Å². The predicted octanol–water partition coefficient (Wildman–Crippen LogP) is 0.110. The van der Waals surface area contributed by atoms with Crippen molar-refractivity contribution >= 4 is 19.7 Å². The second-order valence-electron chi connectivity index (χ2n) is 7.17. The van der Waals surface area contributed by atoms with Crippen LogP contribution >= 0.6 is 0 Å². The summed E-state index contributed by atoms with van der Waals surface area (Å²) in [7, 11) is -7.09. The fraction of sp³-hybridized carbons (Fsp3) is 0.667. The van der Waals surface area contributed by atoms with E-state index in [1.165, 1.54) is 0 Å². The first-order chi connectivity index (χ1) is 12.8. The average Bonchev–Trinajstić information content (AvgIpc) is 2.98. The maximum absolute atomic E-state index is 13.1. The summed E-state index contributed by atoms with van der Waals surface area (Å²) in [5.74, 6) is -0.451. The number of benzene rings is 1. The molecule has 152 valence electrons. The van der Waals surface area contributed by atoms with E-state index in [0.717, 1.165) is 31.6 Å². The number of morpholine rings is 1. The van der Waals surface area contributed by atoms with E-state index in [2.05, 4.69) is 10.2 Å². The van der Waals surface area contributed by atoms with E-state index in [1.54, 1.807) is 24.3 Å². The molecular weight excluding hydrogens is 388 g/mol. The van der Waals surface area contributed by atoms with Crippen molar-refractivity contribution in [2.45, 2.75) is 29.5 Å². The van der Waals surface area contributed by atoms with Crippen LogP contribution in [0.2, 0.25) is 0 Å². The molecule has 9 heteroatoms. The molecule has 0 spiro atoms. The van der Waals surface area contributed by atoms with Gasteiger partial charge in [-0.25, -0.2) is 16.8 Å². The number of hydrogen-bond acceptors (Lipinski definition) is 7. The van der Waals surface area contributed by atoms with Gasteiger partial charge in [-0.3, -0.25) is 4.90 Å². The molecule has 1 N–H and O–H groups in total. The molecule has 2 fully saturated rings. The van der Waals surface area contributed by atoms with Gasteiger partial charge >= 0.3 is 0 Å². The minimum absolute atomic E-state index is 0.132. The molecule has 1 aromatic carbocycles. The first-order valence-corrected chi connectivity index (χ1v) is 12.8. The summed E-state index contributed by atoms with van der Waals surface area (Å²) in [5, 5.41) is 2.25. The van der Waals surface area contributed by atoms with E-state index in [1.807, 2.05) is 6.92 Å². The van der Waals surface area contributed by atoms with Crippen molar-refractivity contribution in [1.82, 2.24) is 10.2 Å². The molecule has 27 heavy (non-hydrogen) atoms. The van der Waals surface area contributed by atoms with E-state index < -0.39 is 31.0 Å². The van der Waals surface area contributed by atoms with Gasteiger partial charge in [0.25, 0.3) is 0 Å². The van der Waals surface area contributed by atoms with Crippen LogP contribution < -0.4 is 5.32 Å². The molecule has 2 heterocycles. The van der Waals surface area contributed by atoms with Crippen LogP contribution in [-0.4, -0.2) is 83.9 Å². The van der Waals surface area contributed by atoms with Crippen LogP contribution in [0.25, 0.3) is 0 Å². The fourth-order valence-corrected chi connectivity index (χ4v) is 8.35. The van der Waals surface area contributed by atoms with Crippen LogP contribution in [0.3, 0.4) is 0 Å². The van der Waals surface area contributed by atoms with Crippen molar-refractivity contribution < 1.29 is 21.6 Å². The molecule has 0 unspecified atom stereocenters. The Morgan fingerprint density at radius 2 is 1.81 bits per heavy atom. The Morgan fingerprint density at radius 1 is 1.15 bits per heavy atom.